The van der Waals surface area contributed by atoms with Crippen molar-refractivity contribution in [1.82, 2.24) is 15.2 Å². The molecule has 0 aliphatic carbocycles. The molecule has 0 amide bonds. The Morgan fingerprint density at radius 3 is 2.29 bits per heavy atom. The van der Waals surface area contributed by atoms with Crippen molar-refractivity contribution in [2.24, 2.45) is 0 Å². The molecular formula is C23H15F6N3O3. The van der Waals surface area contributed by atoms with Gasteiger partial charge in [0.1, 0.15) is 11.6 Å². The molecular weight excluding hydrogens is 480 g/mol. The van der Waals surface area contributed by atoms with E-state index in [1.54, 1.807) is 6.07 Å². The summed E-state index contributed by atoms with van der Waals surface area (Å²) in [7, 11) is 1.01. The lowest BCUT2D eigenvalue weighted by atomic mass is 10.0. The molecule has 0 spiro atoms. The molecule has 0 saturated heterocycles. The van der Waals surface area contributed by atoms with Gasteiger partial charge in [-0.3, -0.25) is 9.89 Å². The van der Waals surface area contributed by atoms with E-state index in [0.29, 0.717) is 29.6 Å². The van der Waals surface area contributed by atoms with E-state index in [4.69, 9.17) is 9.47 Å². The zero-order chi connectivity index (χ0) is 25.5. The Labute approximate surface area is 193 Å². The lowest BCUT2D eigenvalue weighted by Gasteiger charge is -2.18. The lowest BCUT2D eigenvalue weighted by molar-refractivity contribution is -0.140. The highest BCUT2D eigenvalue weighted by Crippen LogP contribution is 2.43. The van der Waals surface area contributed by atoms with Crippen LogP contribution in [-0.2, 0) is 6.18 Å². The quantitative estimate of drug-likeness (QED) is 0.334. The number of aryl methyl sites for hydroxylation is 1. The number of ether oxygens (including phenoxy) is 2. The van der Waals surface area contributed by atoms with Crippen molar-refractivity contribution in [3.8, 4) is 39.8 Å². The number of halogens is 6. The Kier molecular flexibility index (Phi) is 6.05. The summed E-state index contributed by atoms with van der Waals surface area (Å²) in [5.74, 6) is -6.12. The Bertz CT molecular complexity index is 1460. The highest BCUT2D eigenvalue weighted by molar-refractivity contribution is 5.72. The summed E-state index contributed by atoms with van der Waals surface area (Å²) in [6.45, 7) is 1.53. The van der Waals surface area contributed by atoms with Crippen molar-refractivity contribution >= 4 is 0 Å². The van der Waals surface area contributed by atoms with E-state index in [1.807, 2.05) is 0 Å². The Balaban J connectivity index is 1.93. The zero-order valence-corrected chi connectivity index (χ0v) is 18.0. The number of rotatable bonds is 5. The van der Waals surface area contributed by atoms with Crippen LogP contribution in [0.1, 0.15) is 11.3 Å². The summed E-state index contributed by atoms with van der Waals surface area (Å²) in [4.78, 5) is 15.6. The number of aromatic nitrogens is 3. The van der Waals surface area contributed by atoms with E-state index in [9.17, 15) is 31.1 Å². The van der Waals surface area contributed by atoms with Crippen molar-refractivity contribution < 1.29 is 35.8 Å². The highest BCUT2D eigenvalue weighted by atomic mass is 19.4. The summed E-state index contributed by atoms with van der Waals surface area (Å²) in [5.41, 5.74) is -1.67. The molecule has 4 aromatic rings. The normalized spacial score (nSPS) is 11.5. The molecule has 0 aliphatic heterocycles. The first-order chi connectivity index (χ1) is 16.5. The average molecular weight is 495 g/mol. The second-order valence-corrected chi connectivity index (χ2v) is 7.34. The molecule has 4 rings (SSSR count). The monoisotopic (exact) mass is 495 g/mol. The zero-order valence-electron chi connectivity index (χ0n) is 18.0. The van der Waals surface area contributed by atoms with E-state index in [-0.39, 0.29) is 16.8 Å². The fourth-order valence-corrected chi connectivity index (χ4v) is 3.53. The maximum atomic E-state index is 14.5. The molecule has 0 atom stereocenters. The number of hydrogen-bond acceptors (Lipinski definition) is 4. The number of nitrogens with zero attached hydrogens (tertiary/aromatic N) is 1. The third-order valence-electron chi connectivity index (χ3n) is 5.09. The third kappa shape index (κ3) is 4.46. The fourth-order valence-electron chi connectivity index (χ4n) is 3.53. The molecule has 6 nitrogen and oxygen atoms in total. The minimum Gasteiger partial charge on any atom is -0.490 e. The lowest BCUT2D eigenvalue weighted by Crippen LogP contribution is -2.11. The molecule has 182 valence electrons. The van der Waals surface area contributed by atoms with Crippen molar-refractivity contribution in [1.29, 1.82) is 0 Å². The van der Waals surface area contributed by atoms with Crippen LogP contribution in [0.25, 0.3) is 22.5 Å². The van der Waals surface area contributed by atoms with Crippen molar-refractivity contribution in [3.63, 3.8) is 0 Å². The van der Waals surface area contributed by atoms with Gasteiger partial charge in [0.05, 0.1) is 29.6 Å². The van der Waals surface area contributed by atoms with Crippen LogP contribution in [0.3, 0.4) is 0 Å². The van der Waals surface area contributed by atoms with E-state index in [0.717, 1.165) is 19.2 Å². The Morgan fingerprint density at radius 2 is 1.69 bits per heavy atom. The van der Waals surface area contributed by atoms with Gasteiger partial charge in [-0.1, -0.05) is 0 Å². The number of H-pyrrole nitrogens is 2. The largest absolute Gasteiger partial charge is 0.490 e. The van der Waals surface area contributed by atoms with Gasteiger partial charge >= 0.3 is 6.18 Å². The number of hydrogen-bond donors (Lipinski definition) is 2. The summed E-state index contributed by atoms with van der Waals surface area (Å²) in [5, 5.41) is 6.41. The van der Waals surface area contributed by atoms with Crippen molar-refractivity contribution in [2.75, 3.05) is 7.11 Å². The molecule has 0 aliphatic rings. The van der Waals surface area contributed by atoms with Crippen LogP contribution >= 0.6 is 0 Å². The standard InChI is InChI=1S/C23H15F6N3O3/c1-10-20(15-5-6-30-32-15)17(33)9-16(31-10)11-7-14(25)12(23(27,28)29)8-19(11)35-18-4-3-13(24)21(26)22(18)34-2/h3-9H,1-2H3,(H,30,32)(H,31,33). The van der Waals surface area contributed by atoms with Crippen molar-refractivity contribution in [3.05, 3.63) is 81.5 Å². The topological polar surface area (TPSA) is 80.0 Å². The molecule has 0 bridgehead atoms. The molecule has 0 unspecified atom stereocenters. The van der Waals surface area contributed by atoms with E-state index < -0.39 is 51.9 Å². The molecule has 0 fully saturated rings. The van der Waals surface area contributed by atoms with Crippen LogP contribution < -0.4 is 14.9 Å². The van der Waals surface area contributed by atoms with Gasteiger partial charge < -0.3 is 14.5 Å². The minimum absolute atomic E-state index is 0.0834. The van der Waals surface area contributed by atoms with Crippen LogP contribution in [0.15, 0.2) is 47.4 Å². The number of nitrogens with one attached hydrogen (secondary N) is 2. The van der Waals surface area contributed by atoms with Crippen LogP contribution in [0.5, 0.6) is 17.2 Å². The average Bonchev–Trinajstić information content (AvgIpc) is 3.30. The van der Waals surface area contributed by atoms with Gasteiger partial charge in [0.25, 0.3) is 0 Å². The Morgan fingerprint density at radius 1 is 0.943 bits per heavy atom. The maximum Gasteiger partial charge on any atom is 0.419 e. The van der Waals surface area contributed by atoms with Gasteiger partial charge in [-0.15, -0.1) is 0 Å². The second-order valence-electron chi connectivity index (χ2n) is 7.34. The SMILES string of the molecule is COc1c(Oc2cc(C(F)(F)F)c(F)cc2-c2cc(=O)c(-c3ccn[nH]3)c(C)[nH]2)ccc(F)c1F. The summed E-state index contributed by atoms with van der Waals surface area (Å²) in [6, 6.07) is 5.10. The molecule has 2 heterocycles. The third-order valence-corrected chi connectivity index (χ3v) is 5.09. The molecule has 12 heteroatoms. The first-order valence-corrected chi connectivity index (χ1v) is 9.86. The predicted molar refractivity (Wildman–Crippen MR) is 113 cm³/mol. The second kappa shape index (κ2) is 8.85. The molecule has 2 aromatic heterocycles. The first kappa shape index (κ1) is 23.9. The fraction of sp³-hybridized carbons (Fsp3) is 0.130. The Hall–Kier alpha value is -4.22. The number of aromatic amines is 2. The number of benzene rings is 2. The van der Waals surface area contributed by atoms with Crippen LogP contribution in [0.4, 0.5) is 26.3 Å². The maximum absolute atomic E-state index is 14.5. The molecule has 35 heavy (non-hydrogen) atoms. The smallest absolute Gasteiger partial charge is 0.419 e. The van der Waals surface area contributed by atoms with E-state index in [2.05, 4.69) is 15.2 Å². The first-order valence-electron chi connectivity index (χ1n) is 9.86. The van der Waals surface area contributed by atoms with Crippen LogP contribution in [-0.4, -0.2) is 22.3 Å². The number of alkyl halides is 3. The summed E-state index contributed by atoms with van der Waals surface area (Å²) >= 11 is 0. The van der Waals surface area contributed by atoms with Gasteiger partial charge in [-0.2, -0.15) is 22.7 Å². The van der Waals surface area contributed by atoms with Crippen LogP contribution in [0.2, 0.25) is 0 Å². The van der Waals surface area contributed by atoms with Gasteiger partial charge in [-0.05, 0) is 37.3 Å². The van der Waals surface area contributed by atoms with Crippen molar-refractivity contribution in [2.45, 2.75) is 13.1 Å². The molecule has 2 N–H and O–H groups in total. The van der Waals surface area contributed by atoms with E-state index in [1.165, 1.54) is 13.1 Å². The van der Waals surface area contributed by atoms with Gasteiger partial charge in [-0.25, -0.2) is 8.78 Å². The molecule has 0 saturated carbocycles. The summed E-state index contributed by atoms with van der Waals surface area (Å²) in [6.07, 6.45) is -3.67. The van der Waals surface area contributed by atoms with E-state index >= 15 is 0 Å². The number of methoxy groups -OCH3 is 1. The molecule has 2 aromatic carbocycles. The summed E-state index contributed by atoms with van der Waals surface area (Å²) < 4.78 is 92.7. The molecule has 0 radical (unpaired) electrons. The van der Waals surface area contributed by atoms with Gasteiger partial charge in [0.2, 0.25) is 11.6 Å². The minimum atomic E-state index is -5.09. The van der Waals surface area contributed by atoms with Gasteiger partial charge in [0, 0.05) is 23.5 Å². The number of pyridine rings is 1. The van der Waals surface area contributed by atoms with Gasteiger partial charge in [0.15, 0.2) is 17.0 Å². The highest BCUT2D eigenvalue weighted by Gasteiger charge is 2.36. The predicted octanol–water partition coefficient (Wildman–Crippen LogP) is 5.98. The van der Waals surface area contributed by atoms with Crippen LogP contribution in [0, 0.1) is 24.4 Å².